The van der Waals surface area contributed by atoms with Crippen LogP contribution in [0.1, 0.15) is 43.9 Å². The Bertz CT molecular complexity index is 1120. The van der Waals surface area contributed by atoms with Gasteiger partial charge < -0.3 is 10.2 Å². The van der Waals surface area contributed by atoms with E-state index in [-0.39, 0.29) is 18.5 Å². The first-order chi connectivity index (χ1) is 15.8. The van der Waals surface area contributed by atoms with Gasteiger partial charge in [-0.2, -0.15) is 0 Å². The second-order valence-corrected chi connectivity index (χ2v) is 11.6. The van der Waals surface area contributed by atoms with Gasteiger partial charge in [0.2, 0.25) is 21.8 Å². The Balaban J connectivity index is 2.42. The van der Waals surface area contributed by atoms with Crippen LogP contribution in [0.3, 0.4) is 0 Å². The minimum absolute atomic E-state index is 0.0411. The van der Waals surface area contributed by atoms with E-state index in [0.717, 1.165) is 38.1 Å². The molecule has 0 fully saturated rings. The third-order valence-corrected chi connectivity index (χ3v) is 7.22. The fourth-order valence-electron chi connectivity index (χ4n) is 3.59. The molecule has 186 valence electrons. The summed E-state index contributed by atoms with van der Waals surface area (Å²) < 4.78 is 27.3. The van der Waals surface area contributed by atoms with Crippen LogP contribution < -0.4 is 9.62 Å². The maximum atomic E-state index is 13.6. The summed E-state index contributed by atoms with van der Waals surface area (Å²) >= 11 is 3.44. The third-order valence-electron chi connectivity index (χ3n) is 5.58. The first kappa shape index (κ1) is 27.9. The number of hydrogen-bond donors (Lipinski definition) is 1. The first-order valence-corrected chi connectivity index (χ1v) is 13.9. The molecule has 0 aliphatic carbocycles. The Hall–Kier alpha value is -2.39. The predicted octanol–water partition coefficient (Wildman–Crippen LogP) is 4.16. The number of nitrogens with one attached hydrogen (secondary N) is 1. The highest BCUT2D eigenvalue weighted by molar-refractivity contribution is 9.10. The Morgan fingerprint density at radius 2 is 1.68 bits per heavy atom. The highest BCUT2D eigenvalue weighted by Crippen LogP contribution is 2.22. The van der Waals surface area contributed by atoms with E-state index in [1.165, 1.54) is 4.90 Å². The molecular weight excluding hydrogens is 518 g/mol. The molecule has 0 aliphatic heterocycles. The highest BCUT2D eigenvalue weighted by atomic mass is 79.9. The van der Waals surface area contributed by atoms with E-state index >= 15 is 0 Å². The Kier molecular flexibility index (Phi) is 9.70. The van der Waals surface area contributed by atoms with Crippen LogP contribution >= 0.6 is 15.9 Å². The summed E-state index contributed by atoms with van der Waals surface area (Å²) in [6, 6.07) is 12.0. The molecule has 34 heavy (non-hydrogen) atoms. The van der Waals surface area contributed by atoms with Crippen molar-refractivity contribution < 1.29 is 18.0 Å². The van der Waals surface area contributed by atoms with E-state index in [2.05, 4.69) is 21.2 Å². The van der Waals surface area contributed by atoms with Crippen LogP contribution in [0.15, 0.2) is 46.9 Å². The summed E-state index contributed by atoms with van der Waals surface area (Å²) in [5, 5.41) is 2.92. The van der Waals surface area contributed by atoms with Crippen molar-refractivity contribution in [3.8, 4) is 0 Å². The lowest BCUT2D eigenvalue weighted by molar-refractivity contribution is -0.139. The van der Waals surface area contributed by atoms with Crippen molar-refractivity contribution in [3.63, 3.8) is 0 Å². The molecule has 0 heterocycles. The summed E-state index contributed by atoms with van der Waals surface area (Å²) in [4.78, 5) is 27.9. The normalized spacial score (nSPS) is 13.1. The number of sulfonamides is 1. The standard InChI is InChI=1S/C25H34BrN3O4S/c1-7-19(4)27-25(31)20(5)28(15-21-9-8-10-22(26)14-21)24(30)16-29(34(6,32)33)23-12-17(2)11-18(3)13-23/h8-14,19-20H,7,15-16H2,1-6H3,(H,27,31). The lowest BCUT2D eigenvalue weighted by Crippen LogP contribution is -2.52. The molecule has 0 aliphatic rings. The number of anilines is 1. The van der Waals surface area contributed by atoms with Crippen molar-refractivity contribution in [2.75, 3.05) is 17.1 Å². The number of aryl methyl sites for hydroxylation is 2. The van der Waals surface area contributed by atoms with Gasteiger partial charge in [-0.3, -0.25) is 13.9 Å². The highest BCUT2D eigenvalue weighted by Gasteiger charge is 2.30. The molecule has 0 spiro atoms. The van der Waals surface area contributed by atoms with E-state index in [1.54, 1.807) is 19.1 Å². The van der Waals surface area contributed by atoms with Crippen LogP contribution in [-0.2, 0) is 26.2 Å². The van der Waals surface area contributed by atoms with Gasteiger partial charge in [-0.15, -0.1) is 0 Å². The van der Waals surface area contributed by atoms with Crippen molar-refractivity contribution in [1.29, 1.82) is 0 Å². The summed E-state index contributed by atoms with van der Waals surface area (Å²) in [7, 11) is -3.75. The van der Waals surface area contributed by atoms with E-state index in [1.807, 2.05) is 58.0 Å². The minimum atomic E-state index is -3.75. The Morgan fingerprint density at radius 3 is 2.21 bits per heavy atom. The largest absolute Gasteiger partial charge is 0.352 e. The van der Waals surface area contributed by atoms with Crippen LogP contribution in [-0.4, -0.2) is 50.0 Å². The number of halogens is 1. The second-order valence-electron chi connectivity index (χ2n) is 8.76. The zero-order chi connectivity index (χ0) is 25.6. The van der Waals surface area contributed by atoms with Crippen molar-refractivity contribution in [2.45, 2.75) is 59.7 Å². The maximum Gasteiger partial charge on any atom is 0.244 e. The number of hydrogen-bond acceptors (Lipinski definition) is 4. The molecular formula is C25H34BrN3O4S. The van der Waals surface area contributed by atoms with E-state index in [4.69, 9.17) is 0 Å². The van der Waals surface area contributed by atoms with E-state index in [9.17, 15) is 18.0 Å². The maximum absolute atomic E-state index is 13.6. The van der Waals surface area contributed by atoms with Gasteiger partial charge in [-0.05, 0) is 75.1 Å². The zero-order valence-electron chi connectivity index (χ0n) is 20.6. The summed E-state index contributed by atoms with van der Waals surface area (Å²) in [6.45, 7) is 9.04. The number of benzene rings is 2. The lowest BCUT2D eigenvalue weighted by Gasteiger charge is -2.32. The fraction of sp³-hybridized carbons (Fsp3) is 0.440. The van der Waals surface area contributed by atoms with Gasteiger partial charge in [0.05, 0.1) is 11.9 Å². The predicted molar refractivity (Wildman–Crippen MR) is 140 cm³/mol. The van der Waals surface area contributed by atoms with E-state index < -0.39 is 28.5 Å². The van der Waals surface area contributed by atoms with Gasteiger partial charge in [-0.1, -0.05) is 41.1 Å². The first-order valence-electron chi connectivity index (χ1n) is 11.2. The lowest BCUT2D eigenvalue weighted by atomic mass is 10.1. The number of amides is 2. The molecule has 2 rings (SSSR count). The molecule has 7 nitrogen and oxygen atoms in total. The number of carbonyl (C=O) groups is 2. The van der Waals surface area contributed by atoms with Crippen LogP contribution in [0, 0.1) is 13.8 Å². The van der Waals surface area contributed by atoms with Crippen molar-refractivity contribution in [2.24, 2.45) is 0 Å². The zero-order valence-corrected chi connectivity index (χ0v) is 23.0. The van der Waals surface area contributed by atoms with E-state index in [0.29, 0.717) is 5.69 Å². The van der Waals surface area contributed by atoms with Gasteiger partial charge in [0.25, 0.3) is 0 Å². The van der Waals surface area contributed by atoms with Gasteiger partial charge in [0, 0.05) is 17.1 Å². The second kappa shape index (κ2) is 11.8. The molecule has 2 aromatic carbocycles. The molecule has 0 saturated heterocycles. The molecule has 0 radical (unpaired) electrons. The summed E-state index contributed by atoms with van der Waals surface area (Å²) in [6.07, 6.45) is 1.84. The van der Waals surface area contributed by atoms with Crippen LogP contribution in [0.2, 0.25) is 0 Å². The van der Waals surface area contributed by atoms with Gasteiger partial charge in [0.1, 0.15) is 12.6 Å². The molecule has 2 aromatic rings. The molecule has 0 saturated carbocycles. The van der Waals surface area contributed by atoms with Crippen molar-refractivity contribution >= 4 is 43.5 Å². The van der Waals surface area contributed by atoms with Gasteiger partial charge in [-0.25, -0.2) is 8.42 Å². The minimum Gasteiger partial charge on any atom is -0.352 e. The van der Waals surface area contributed by atoms with Crippen molar-refractivity contribution in [3.05, 3.63) is 63.6 Å². The molecule has 0 aromatic heterocycles. The quantitative estimate of drug-likeness (QED) is 0.480. The van der Waals surface area contributed by atoms with Crippen LogP contribution in [0.5, 0.6) is 0 Å². The molecule has 1 N–H and O–H groups in total. The third kappa shape index (κ3) is 7.84. The molecule has 9 heteroatoms. The monoisotopic (exact) mass is 551 g/mol. The Morgan fingerprint density at radius 1 is 1.06 bits per heavy atom. The Labute approximate surface area is 211 Å². The molecule has 2 atom stereocenters. The number of nitrogens with zero attached hydrogens (tertiary/aromatic N) is 2. The van der Waals surface area contributed by atoms with Crippen LogP contribution in [0.4, 0.5) is 5.69 Å². The number of rotatable bonds is 10. The van der Waals surface area contributed by atoms with Crippen molar-refractivity contribution in [1.82, 2.24) is 10.2 Å². The molecule has 2 amide bonds. The summed E-state index contributed by atoms with van der Waals surface area (Å²) in [5.41, 5.74) is 3.03. The molecule has 0 bridgehead atoms. The topological polar surface area (TPSA) is 86.8 Å². The van der Waals surface area contributed by atoms with Gasteiger partial charge >= 0.3 is 0 Å². The average molecular weight is 553 g/mol. The SMILES string of the molecule is CCC(C)NC(=O)C(C)N(Cc1cccc(Br)c1)C(=O)CN(c1cc(C)cc(C)c1)S(C)(=O)=O. The average Bonchev–Trinajstić information content (AvgIpc) is 2.73. The smallest absolute Gasteiger partial charge is 0.244 e. The van der Waals surface area contributed by atoms with Gasteiger partial charge in [0.15, 0.2) is 0 Å². The molecule has 2 unspecified atom stereocenters. The van der Waals surface area contributed by atoms with Crippen LogP contribution in [0.25, 0.3) is 0 Å². The fourth-order valence-corrected chi connectivity index (χ4v) is 4.87. The number of carbonyl (C=O) groups excluding carboxylic acids is 2. The summed E-state index contributed by atoms with van der Waals surface area (Å²) in [5.74, 6) is -0.744.